The summed E-state index contributed by atoms with van der Waals surface area (Å²) < 4.78 is 14.4. The topological polar surface area (TPSA) is 41.1 Å². The molecule has 1 saturated heterocycles. The molecule has 2 atom stereocenters. The summed E-state index contributed by atoms with van der Waals surface area (Å²) in [5.41, 5.74) is 4.10. The van der Waals surface area contributed by atoms with Gasteiger partial charge in [0.2, 0.25) is 0 Å². The molecule has 2 aromatic rings. The van der Waals surface area contributed by atoms with E-state index in [4.69, 9.17) is 11.6 Å². The van der Waals surface area contributed by atoms with Crippen LogP contribution in [0.25, 0.3) is 0 Å². The number of anilines is 2. The number of rotatable bonds is 1. The molecule has 1 N–H and O–H groups in total. The number of aromatic nitrogens is 2. The summed E-state index contributed by atoms with van der Waals surface area (Å²) in [7, 11) is 0. The Kier molecular flexibility index (Phi) is 3.73. The Labute approximate surface area is 157 Å². The molecule has 2 unspecified atom stereocenters. The van der Waals surface area contributed by atoms with Gasteiger partial charge < -0.3 is 10.2 Å². The molecule has 2 aliphatic heterocycles. The van der Waals surface area contributed by atoms with E-state index in [9.17, 15) is 4.39 Å². The number of piperidine rings is 1. The average molecular weight is 373 g/mol. The fraction of sp³-hybridized carbons (Fsp3) is 0.500. The molecule has 5 rings (SSSR count). The number of nitrogens with one attached hydrogen (secondary N) is 1. The van der Waals surface area contributed by atoms with Gasteiger partial charge >= 0.3 is 0 Å². The minimum absolute atomic E-state index is 0.0836. The summed E-state index contributed by atoms with van der Waals surface area (Å²) >= 11 is 6.35. The van der Waals surface area contributed by atoms with Gasteiger partial charge in [-0.3, -0.25) is 0 Å². The molecule has 3 heterocycles. The molecule has 26 heavy (non-hydrogen) atoms. The highest BCUT2D eigenvalue weighted by molar-refractivity contribution is 6.30. The molecule has 1 aliphatic carbocycles. The maximum atomic E-state index is 14.4. The third-order valence-electron chi connectivity index (χ3n) is 6.34. The number of nitrogens with zero attached hydrogens (tertiary/aromatic N) is 3. The van der Waals surface area contributed by atoms with Crippen LogP contribution in [0.5, 0.6) is 0 Å². The smallest absolute Gasteiger partial charge is 0.143 e. The van der Waals surface area contributed by atoms with Crippen molar-refractivity contribution in [2.45, 2.75) is 43.7 Å². The van der Waals surface area contributed by atoms with Crippen LogP contribution < -0.4 is 10.2 Å². The lowest BCUT2D eigenvalue weighted by Gasteiger charge is -2.35. The second kappa shape index (κ2) is 5.89. The van der Waals surface area contributed by atoms with Crippen molar-refractivity contribution in [1.82, 2.24) is 15.3 Å². The second-order valence-corrected chi connectivity index (χ2v) is 8.31. The highest BCUT2D eigenvalue weighted by Crippen LogP contribution is 2.52. The number of benzene rings is 1. The van der Waals surface area contributed by atoms with Crippen LogP contribution in [0.2, 0.25) is 5.02 Å². The first-order chi connectivity index (χ1) is 12.6. The monoisotopic (exact) mass is 372 g/mol. The van der Waals surface area contributed by atoms with E-state index >= 15 is 0 Å². The van der Waals surface area contributed by atoms with Crippen molar-refractivity contribution < 1.29 is 4.39 Å². The van der Waals surface area contributed by atoms with Crippen LogP contribution in [-0.4, -0.2) is 29.6 Å². The first-order valence-electron chi connectivity index (χ1n) is 9.36. The maximum Gasteiger partial charge on any atom is 0.143 e. The summed E-state index contributed by atoms with van der Waals surface area (Å²) in [6.45, 7) is 4.96. The predicted molar refractivity (Wildman–Crippen MR) is 101 cm³/mol. The van der Waals surface area contributed by atoms with Crippen molar-refractivity contribution in [3.8, 4) is 0 Å². The Morgan fingerprint density at radius 3 is 2.88 bits per heavy atom. The molecule has 0 saturated carbocycles. The van der Waals surface area contributed by atoms with Crippen molar-refractivity contribution in [3.63, 3.8) is 0 Å². The van der Waals surface area contributed by atoms with Crippen molar-refractivity contribution in [1.29, 1.82) is 0 Å². The van der Waals surface area contributed by atoms with Gasteiger partial charge in [-0.05, 0) is 62.0 Å². The van der Waals surface area contributed by atoms with E-state index in [-0.39, 0.29) is 11.3 Å². The number of halogens is 2. The summed E-state index contributed by atoms with van der Waals surface area (Å²) in [6.07, 6.45) is 3.18. The number of hydrogen-bond acceptors (Lipinski definition) is 4. The largest absolute Gasteiger partial charge is 0.325 e. The van der Waals surface area contributed by atoms with Crippen molar-refractivity contribution in [3.05, 3.63) is 46.4 Å². The molecular formula is C20H22ClFN4. The number of hydrogen-bond donors (Lipinski definition) is 1. The average Bonchev–Trinajstić information content (AvgIpc) is 3.11. The standard InChI is InChI=1S/C20H22ClFN4/c1-12-8-15(22)18-17(12)19(25-11-24-18)26-10-20(4-6-23-7-5-20)14-9-13(21)2-3-16(14)26/h2-3,9,11-12,15,23H,4-8,10H2,1H3. The third kappa shape index (κ3) is 2.30. The van der Waals surface area contributed by atoms with Crippen molar-refractivity contribution >= 4 is 23.1 Å². The first-order valence-corrected chi connectivity index (χ1v) is 9.74. The van der Waals surface area contributed by atoms with Crippen LogP contribution in [-0.2, 0) is 5.41 Å². The molecule has 6 heteroatoms. The normalized spacial score (nSPS) is 26.2. The van der Waals surface area contributed by atoms with Crippen LogP contribution in [0.1, 0.15) is 55.1 Å². The van der Waals surface area contributed by atoms with Crippen molar-refractivity contribution in [2.75, 3.05) is 24.5 Å². The molecule has 0 bridgehead atoms. The molecule has 1 fully saturated rings. The lowest BCUT2D eigenvalue weighted by atomic mass is 9.75. The maximum absolute atomic E-state index is 14.4. The van der Waals surface area contributed by atoms with E-state index in [0.717, 1.165) is 54.6 Å². The predicted octanol–water partition coefficient (Wildman–Crippen LogP) is 4.42. The highest BCUT2D eigenvalue weighted by atomic mass is 35.5. The van der Waals surface area contributed by atoms with Gasteiger partial charge in [-0.15, -0.1) is 0 Å². The molecule has 0 amide bonds. The Bertz CT molecular complexity index is 865. The Morgan fingerprint density at radius 2 is 2.08 bits per heavy atom. The lowest BCUT2D eigenvalue weighted by Crippen LogP contribution is -2.42. The quantitative estimate of drug-likeness (QED) is 0.804. The molecule has 1 aromatic carbocycles. The van der Waals surface area contributed by atoms with Gasteiger partial charge in [0.15, 0.2) is 0 Å². The van der Waals surface area contributed by atoms with Crippen LogP contribution >= 0.6 is 11.6 Å². The minimum atomic E-state index is -0.984. The first kappa shape index (κ1) is 16.5. The van der Waals surface area contributed by atoms with Crippen LogP contribution in [0, 0.1) is 0 Å². The van der Waals surface area contributed by atoms with E-state index in [1.165, 1.54) is 11.9 Å². The zero-order valence-corrected chi connectivity index (χ0v) is 15.6. The summed E-state index contributed by atoms with van der Waals surface area (Å²) in [5.74, 6) is 1.01. The van der Waals surface area contributed by atoms with Gasteiger partial charge in [0, 0.05) is 28.2 Å². The Balaban J connectivity index is 1.67. The van der Waals surface area contributed by atoms with Gasteiger partial charge in [-0.25, -0.2) is 14.4 Å². The Hall–Kier alpha value is -1.72. The van der Waals surface area contributed by atoms with Crippen LogP contribution in [0.15, 0.2) is 24.5 Å². The molecule has 4 nitrogen and oxygen atoms in total. The van der Waals surface area contributed by atoms with Crippen LogP contribution in [0.3, 0.4) is 0 Å². The summed E-state index contributed by atoms with van der Waals surface area (Å²) in [4.78, 5) is 11.2. The molecule has 0 radical (unpaired) electrons. The fourth-order valence-electron chi connectivity index (χ4n) is 5.04. The van der Waals surface area contributed by atoms with Gasteiger partial charge in [0.05, 0.1) is 5.69 Å². The van der Waals surface area contributed by atoms with E-state index in [1.54, 1.807) is 0 Å². The van der Waals surface area contributed by atoms with Crippen molar-refractivity contribution in [2.24, 2.45) is 0 Å². The SMILES string of the molecule is CC1CC(F)c2ncnc(N3CC4(CCNCC4)c4cc(Cl)ccc43)c21. The molecule has 3 aliphatic rings. The van der Waals surface area contributed by atoms with E-state index in [1.807, 2.05) is 6.07 Å². The summed E-state index contributed by atoms with van der Waals surface area (Å²) in [5, 5.41) is 4.24. The second-order valence-electron chi connectivity index (χ2n) is 7.88. The van der Waals surface area contributed by atoms with Gasteiger partial charge in [-0.1, -0.05) is 18.5 Å². The number of alkyl halides is 1. The minimum Gasteiger partial charge on any atom is -0.325 e. The number of fused-ring (bicyclic) bond motifs is 3. The molecule has 136 valence electrons. The summed E-state index contributed by atoms with van der Waals surface area (Å²) in [6, 6.07) is 6.15. The molecular weight excluding hydrogens is 351 g/mol. The molecule has 1 spiro atoms. The lowest BCUT2D eigenvalue weighted by molar-refractivity contribution is 0.326. The van der Waals surface area contributed by atoms with Gasteiger partial charge in [0.25, 0.3) is 0 Å². The van der Waals surface area contributed by atoms with E-state index in [0.29, 0.717) is 12.1 Å². The van der Waals surface area contributed by atoms with E-state index < -0.39 is 6.17 Å². The zero-order valence-electron chi connectivity index (χ0n) is 14.8. The Morgan fingerprint density at radius 1 is 1.27 bits per heavy atom. The van der Waals surface area contributed by atoms with Gasteiger partial charge in [-0.2, -0.15) is 0 Å². The van der Waals surface area contributed by atoms with Gasteiger partial charge in [0.1, 0.15) is 18.3 Å². The zero-order chi connectivity index (χ0) is 17.9. The fourth-order valence-corrected chi connectivity index (χ4v) is 5.21. The van der Waals surface area contributed by atoms with Crippen LogP contribution in [0.4, 0.5) is 15.9 Å². The third-order valence-corrected chi connectivity index (χ3v) is 6.58. The van der Waals surface area contributed by atoms with E-state index in [2.05, 4.69) is 39.2 Å². The molecule has 1 aromatic heterocycles. The highest BCUT2D eigenvalue weighted by Gasteiger charge is 2.46.